The topological polar surface area (TPSA) is 72.9 Å². The number of ether oxygens (including phenoxy) is 2. The van der Waals surface area contributed by atoms with E-state index < -0.39 is 22.5 Å². The third-order valence-corrected chi connectivity index (χ3v) is 5.73. The predicted molar refractivity (Wildman–Crippen MR) is 100 cm³/mol. The van der Waals surface area contributed by atoms with Gasteiger partial charge in [-0.2, -0.15) is 0 Å². The molecule has 140 valence electrons. The summed E-state index contributed by atoms with van der Waals surface area (Å²) < 4.78 is 37.4. The zero-order chi connectivity index (χ0) is 19.3. The van der Waals surface area contributed by atoms with Crippen LogP contribution in [0.3, 0.4) is 0 Å². The van der Waals surface area contributed by atoms with Gasteiger partial charge in [-0.25, -0.2) is 8.42 Å². The van der Waals surface area contributed by atoms with Crippen molar-refractivity contribution < 1.29 is 22.7 Å². The first-order valence-electron chi connectivity index (χ1n) is 7.88. The third-order valence-electron chi connectivity index (χ3n) is 3.65. The van der Waals surface area contributed by atoms with E-state index >= 15 is 0 Å². The lowest BCUT2D eigenvalue weighted by molar-refractivity contribution is -0.141. The minimum Gasteiger partial charge on any atom is -0.496 e. The number of methoxy groups -OCH3 is 1. The smallest absolute Gasteiger partial charge is 0.326 e. The number of carbonyl (C=O) groups is 1. The van der Waals surface area contributed by atoms with Crippen molar-refractivity contribution in [2.75, 3.05) is 24.6 Å². The van der Waals surface area contributed by atoms with Gasteiger partial charge in [-0.3, -0.25) is 9.10 Å². The van der Waals surface area contributed by atoms with Crippen molar-refractivity contribution in [1.82, 2.24) is 0 Å². The molecule has 0 amide bonds. The van der Waals surface area contributed by atoms with Crippen LogP contribution < -0.4 is 9.04 Å². The van der Waals surface area contributed by atoms with Gasteiger partial charge in [0.05, 0.1) is 29.3 Å². The minimum atomic E-state index is -4.04. The number of nitrogens with zero attached hydrogens (tertiary/aromatic N) is 1. The molecule has 2 aromatic rings. The van der Waals surface area contributed by atoms with Gasteiger partial charge in [-0.1, -0.05) is 23.7 Å². The maximum absolute atomic E-state index is 13.2. The van der Waals surface area contributed by atoms with Gasteiger partial charge in [0.2, 0.25) is 0 Å². The molecule has 0 aromatic heterocycles. The second-order valence-electron chi connectivity index (χ2n) is 5.40. The highest BCUT2D eigenvalue weighted by Crippen LogP contribution is 2.31. The summed E-state index contributed by atoms with van der Waals surface area (Å²) in [6, 6.07) is 10.9. The molecule has 0 N–H and O–H groups in total. The van der Waals surface area contributed by atoms with Gasteiger partial charge in [0.15, 0.2) is 0 Å². The molecule has 26 heavy (non-hydrogen) atoms. The lowest BCUT2D eigenvalue weighted by Crippen LogP contribution is -2.36. The van der Waals surface area contributed by atoms with Crippen molar-refractivity contribution in [2.24, 2.45) is 0 Å². The third kappa shape index (κ3) is 4.28. The summed E-state index contributed by atoms with van der Waals surface area (Å²) >= 11 is 6.17. The Bertz CT molecular complexity index is 898. The molecule has 0 spiro atoms. The highest BCUT2D eigenvalue weighted by atomic mass is 35.5. The van der Waals surface area contributed by atoms with Crippen molar-refractivity contribution in [3.63, 3.8) is 0 Å². The SMILES string of the molecule is CCOC(=O)CN(c1ccccc1Cl)S(=O)(=O)c1ccc(OC)c(C)c1. The van der Waals surface area contributed by atoms with Crippen LogP contribution in [0.4, 0.5) is 5.69 Å². The van der Waals surface area contributed by atoms with E-state index in [0.29, 0.717) is 11.3 Å². The fourth-order valence-electron chi connectivity index (χ4n) is 2.42. The Labute approximate surface area is 158 Å². The number of hydrogen-bond donors (Lipinski definition) is 0. The Hall–Kier alpha value is -2.25. The summed E-state index contributed by atoms with van der Waals surface area (Å²) in [5, 5.41) is 0.214. The Kier molecular flexibility index (Phi) is 6.50. The van der Waals surface area contributed by atoms with Gasteiger partial charge in [0.25, 0.3) is 10.0 Å². The fourth-order valence-corrected chi connectivity index (χ4v) is 4.22. The number of hydrogen-bond acceptors (Lipinski definition) is 5. The summed E-state index contributed by atoms with van der Waals surface area (Å²) in [4.78, 5) is 12.0. The van der Waals surface area contributed by atoms with Crippen LogP contribution in [0.5, 0.6) is 5.75 Å². The molecular formula is C18H20ClNO5S. The molecular weight excluding hydrogens is 378 g/mol. The molecule has 0 saturated heterocycles. The van der Waals surface area contributed by atoms with Gasteiger partial charge >= 0.3 is 5.97 Å². The van der Waals surface area contributed by atoms with Crippen molar-refractivity contribution >= 4 is 33.3 Å². The Morgan fingerprint density at radius 2 is 1.88 bits per heavy atom. The molecule has 0 bridgehead atoms. The largest absolute Gasteiger partial charge is 0.496 e. The van der Waals surface area contributed by atoms with E-state index in [1.165, 1.54) is 25.3 Å². The van der Waals surface area contributed by atoms with Crippen LogP contribution in [0.1, 0.15) is 12.5 Å². The molecule has 0 aliphatic rings. The average Bonchev–Trinajstić information content (AvgIpc) is 2.60. The van der Waals surface area contributed by atoms with Gasteiger partial charge < -0.3 is 9.47 Å². The molecule has 0 radical (unpaired) electrons. The van der Waals surface area contributed by atoms with Crippen LogP contribution in [0.2, 0.25) is 5.02 Å². The van der Waals surface area contributed by atoms with Crippen LogP contribution in [-0.2, 0) is 19.6 Å². The van der Waals surface area contributed by atoms with Crippen molar-refractivity contribution in [2.45, 2.75) is 18.7 Å². The molecule has 0 saturated carbocycles. The van der Waals surface area contributed by atoms with Crippen molar-refractivity contribution in [1.29, 1.82) is 0 Å². The maximum atomic E-state index is 13.2. The normalized spacial score (nSPS) is 11.1. The molecule has 0 atom stereocenters. The molecule has 2 rings (SSSR count). The maximum Gasteiger partial charge on any atom is 0.326 e. The van der Waals surface area contributed by atoms with Gasteiger partial charge in [0.1, 0.15) is 12.3 Å². The number of para-hydroxylation sites is 1. The molecule has 0 aliphatic carbocycles. The van der Waals surface area contributed by atoms with Crippen LogP contribution in [0.25, 0.3) is 0 Å². The quantitative estimate of drug-likeness (QED) is 0.669. The predicted octanol–water partition coefficient (Wildman–Crippen LogP) is 3.42. The van der Waals surface area contributed by atoms with Gasteiger partial charge in [-0.05, 0) is 49.7 Å². The van der Waals surface area contributed by atoms with E-state index in [0.717, 1.165) is 4.31 Å². The summed E-state index contributed by atoms with van der Waals surface area (Å²) in [7, 11) is -2.54. The Balaban J connectivity index is 2.54. The van der Waals surface area contributed by atoms with E-state index in [1.807, 2.05) is 0 Å². The van der Waals surface area contributed by atoms with E-state index in [1.54, 1.807) is 38.1 Å². The van der Waals surface area contributed by atoms with E-state index in [-0.39, 0.29) is 22.2 Å². The first-order valence-corrected chi connectivity index (χ1v) is 9.70. The van der Waals surface area contributed by atoms with Crippen LogP contribution in [0.15, 0.2) is 47.4 Å². The summed E-state index contributed by atoms with van der Waals surface area (Å²) in [6.45, 7) is 3.06. The second-order valence-corrected chi connectivity index (χ2v) is 7.67. The van der Waals surface area contributed by atoms with Crippen LogP contribution in [-0.4, -0.2) is 34.6 Å². The van der Waals surface area contributed by atoms with Crippen LogP contribution >= 0.6 is 11.6 Å². The Morgan fingerprint density at radius 3 is 2.46 bits per heavy atom. The summed E-state index contributed by atoms with van der Waals surface area (Å²) in [5.41, 5.74) is 0.861. The highest BCUT2D eigenvalue weighted by Gasteiger charge is 2.29. The molecule has 2 aromatic carbocycles. The van der Waals surface area contributed by atoms with Gasteiger partial charge in [-0.15, -0.1) is 0 Å². The minimum absolute atomic E-state index is 0.0278. The molecule has 8 heteroatoms. The Morgan fingerprint density at radius 1 is 1.19 bits per heavy atom. The average molecular weight is 398 g/mol. The van der Waals surface area contributed by atoms with E-state index in [9.17, 15) is 13.2 Å². The molecule has 0 fully saturated rings. The first-order chi connectivity index (χ1) is 12.3. The molecule has 0 unspecified atom stereocenters. The highest BCUT2D eigenvalue weighted by molar-refractivity contribution is 7.92. The number of sulfonamides is 1. The van der Waals surface area contributed by atoms with E-state index in [2.05, 4.69) is 0 Å². The van der Waals surface area contributed by atoms with E-state index in [4.69, 9.17) is 21.1 Å². The fraction of sp³-hybridized carbons (Fsp3) is 0.278. The second kappa shape index (κ2) is 8.42. The van der Waals surface area contributed by atoms with Crippen molar-refractivity contribution in [3.05, 3.63) is 53.1 Å². The number of rotatable bonds is 7. The number of benzene rings is 2. The monoisotopic (exact) mass is 397 g/mol. The summed E-state index contributed by atoms with van der Waals surface area (Å²) in [6.07, 6.45) is 0. The standard InChI is InChI=1S/C18H20ClNO5S/c1-4-25-18(21)12-20(16-8-6-5-7-15(16)19)26(22,23)14-9-10-17(24-3)13(2)11-14/h5-11H,4,12H2,1-3H3. The molecule has 0 aliphatic heterocycles. The number of esters is 1. The number of aryl methyl sites for hydroxylation is 1. The zero-order valence-corrected chi connectivity index (χ0v) is 16.3. The van der Waals surface area contributed by atoms with Gasteiger partial charge in [0, 0.05) is 0 Å². The number of halogens is 1. The van der Waals surface area contributed by atoms with Crippen molar-refractivity contribution in [3.8, 4) is 5.75 Å². The zero-order valence-electron chi connectivity index (χ0n) is 14.7. The molecule has 0 heterocycles. The number of carbonyl (C=O) groups excluding carboxylic acids is 1. The van der Waals surface area contributed by atoms with Crippen LogP contribution in [0, 0.1) is 6.92 Å². The first kappa shape index (κ1) is 20.1. The molecule has 6 nitrogen and oxygen atoms in total. The lowest BCUT2D eigenvalue weighted by Gasteiger charge is -2.24. The lowest BCUT2D eigenvalue weighted by atomic mass is 10.2. The number of anilines is 1. The summed E-state index contributed by atoms with van der Waals surface area (Å²) in [5.74, 6) is -0.0973.